The summed E-state index contributed by atoms with van der Waals surface area (Å²) in [7, 11) is 1.32. The lowest BCUT2D eigenvalue weighted by molar-refractivity contribution is -0.139. The van der Waals surface area contributed by atoms with E-state index in [0.717, 1.165) is 0 Å². The van der Waals surface area contributed by atoms with Crippen molar-refractivity contribution in [2.75, 3.05) is 18.2 Å². The number of para-hydroxylation sites is 1. The Bertz CT molecular complexity index is 439. The number of halogens is 1. The van der Waals surface area contributed by atoms with E-state index in [1.54, 1.807) is 31.2 Å². The molecule has 0 aliphatic heterocycles. The molecule has 1 rings (SSSR count). The number of hydrogen-bond donors (Lipinski definition) is 1. The molecule has 0 radical (unpaired) electrons. The van der Waals surface area contributed by atoms with Crippen LogP contribution in [0.25, 0.3) is 0 Å². The van der Waals surface area contributed by atoms with Crippen LogP contribution in [0, 0.1) is 0 Å². The summed E-state index contributed by atoms with van der Waals surface area (Å²) in [5, 5.41) is 2.79. The molecule has 0 heterocycles. The van der Waals surface area contributed by atoms with Crippen molar-refractivity contribution in [2.24, 2.45) is 0 Å². The van der Waals surface area contributed by atoms with Gasteiger partial charge < -0.3 is 10.1 Å². The van der Waals surface area contributed by atoms with Gasteiger partial charge in [0.05, 0.1) is 23.6 Å². The summed E-state index contributed by atoms with van der Waals surface area (Å²) in [6.07, 6.45) is 0. The van der Waals surface area contributed by atoms with Crippen molar-refractivity contribution in [1.29, 1.82) is 0 Å². The summed E-state index contributed by atoms with van der Waals surface area (Å²) in [5.74, 6) is -0.379. The smallest absolute Gasteiger partial charge is 0.318 e. The third kappa shape index (κ3) is 4.58. The van der Waals surface area contributed by atoms with Crippen LogP contribution in [0.3, 0.4) is 0 Å². The van der Waals surface area contributed by atoms with Gasteiger partial charge in [0, 0.05) is 0 Å². The van der Waals surface area contributed by atoms with Gasteiger partial charge in [-0.2, -0.15) is 0 Å². The fourth-order valence-electron chi connectivity index (χ4n) is 1.18. The van der Waals surface area contributed by atoms with Crippen molar-refractivity contribution in [3.05, 3.63) is 29.3 Å². The van der Waals surface area contributed by atoms with E-state index < -0.39 is 0 Å². The van der Waals surface area contributed by atoms with E-state index >= 15 is 0 Å². The first-order valence-electron chi connectivity index (χ1n) is 5.28. The Kier molecular flexibility index (Phi) is 6.01. The molecule has 1 N–H and O–H groups in total. The number of methoxy groups -OCH3 is 1. The topological polar surface area (TPSA) is 55.4 Å². The normalized spacial score (nSPS) is 11.7. The molecule has 98 valence electrons. The minimum absolute atomic E-state index is 0.168. The molecule has 1 amide bonds. The number of hydrogen-bond acceptors (Lipinski definition) is 4. The second kappa shape index (κ2) is 7.28. The molecule has 1 aromatic carbocycles. The van der Waals surface area contributed by atoms with Gasteiger partial charge in [-0.25, -0.2) is 0 Å². The fraction of sp³-hybridized carbons (Fsp3) is 0.333. The molecule has 0 saturated heterocycles. The Balaban J connectivity index is 2.43. The highest BCUT2D eigenvalue weighted by molar-refractivity contribution is 8.01. The third-order valence-corrected chi connectivity index (χ3v) is 3.60. The lowest BCUT2D eigenvalue weighted by Crippen LogP contribution is -2.20. The highest BCUT2D eigenvalue weighted by Gasteiger charge is 2.15. The van der Waals surface area contributed by atoms with Gasteiger partial charge in [0.25, 0.3) is 0 Å². The highest BCUT2D eigenvalue weighted by Crippen LogP contribution is 2.21. The molecular formula is C12H14ClNO3S. The number of carbonyl (C=O) groups is 2. The number of thioether (sulfide) groups is 1. The van der Waals surface area contributed by atoms with Crippen LogP contribution in [0.15, 0.2) is 24.3 Å². The highest BCUT2D eigenvalue weighted by atomic mass is 35.5. The zero-order valence-corrected chi connectivity index (χ0v) is 11.7. The van der Waals surface area contributed by atoms with Gasteiger partial charge in [0.1, 0.15) is 5.25 Å². The molecule has 6 heteroatoms. The van der Waals surface area contributed by atoms with Crippen molar-refractivity contribution in [3.63, 3.8) is 0 Å². The second-order valence-corrected chi connectivity index (χ2v) is 5.24. The minimum atomic E-state index is -0.369. The molecule has 4 nitrogen and oxygen atoms in total. The van der Waals surface area contributed by atoms with Crippen LogP contribution in [0.4, 0.5) is 5.69 Å². The predicted octanol–water partition coefficient (Wildman–Crippen LogP) is 2.57. The molecule has 0 aliphatic rings. The summed E-state index contributed by atoms with van der Waals surface area (Å²) >= 11 is 7.12. The molecule has 0 fully saturated rings. The minimum Gasteiger partial charge on any atom is -0.468 e. The molecule has 18 heavy (non-hydrogen) atoms. The van der Waals surface area contributed by atoms with Crippen LogP contribution in [-0.2, 0) is 14.3 Å². The quantitative estimate of drug-likeness (QED) is 0.846. The maximum Gasteiger partial charge on any atom is 0.318 e. The van der Waals surface area contributed by atoms with E-state index in [1.165, 1.54) is 18.9 Å². The Morgan fingerprint density at radius 3 is 2.72 bits per heavy atom. The first-order chi connectivity index (χ1) is 8.54. The van der Waals surface area contributed by atoms with Crippen molar-refractivity contribution >= 4 is 40.9 Å². The Hall–Kier alpha value is -1.20. The maximum atomic E-state index is 11.6. The molecule has 0 aromatic heterocycles. The average Bonchev–Trinajstić information content (AvgIpc) is 2.37. The number of rotatable bonds is 5. The summed E-state index contributed by atoms with van der Waals surface area (Å²) in [4.78, 5) is 22.8. The molecule has 1 aromatic rings. The molecule has 0 spiro atoms. The van der Waals surface area contributed by atoms with Gasteiger partial charge >= 0.3 is 5.97 Å². The number of amides is 1. The second-order valence-electron chi connectivity index (χ2n) is 3.50. The van der Waals surface area contributed by atoms with Gasteiger partial charge in [-0.05, 0) is 19.1 Å². The van der Waals surface area contributed by atoms with Crippen molar-refractivity contribution in [2.45, 2.75) is 12.2 Å². The summed E-state index contributed by atoms with van der Waals surface area (Å²) in [6, 6.07) is 6.98. The average molecular weight is 288 g/mol. The Morgan fingerprint density at radius 2 is 2.11 bits per heavy atom. The monoisotopic (exact) mass is 287 g/mol. The lowest BCUT2D eigenvalue weighted by atomic mass is 10.3. The molecule has 0 aliphatic carbocycles. The molecule has 1 unspecified atom stereocenters. The number of esters is 1. The van der Waals surface area contributed by atoms with Gasteiger partial charge in [-0.3, -0.25) is 9.59 Å². The summed E-state index contributed by atoms with van der Waals surface area (Å²) in [6.45, 7) is 1.69. The first-order valence-corrected chi connectivity index (χ1v) is 6.71. The summed E-state index contributed by atoms with van der Waals surface area (Å²) in [5.41, 5.74) is 0.565. The van der Waals surface area contributed by atoms with Crippen LogP contribution in [0.1, 0.15) is 6.92 Å². The van der Waals surface area contributed by atoms with E-state index in [1.807, 2.05) is 0 Å². The lowest BCUT2D eigenvalue weighted by Gasteiger charge is -2.09. The Labute approximate surface area is 115 Å². The molecule has 0 bridgehead atoms. The number of ether oxygens (including phenoxy) is 1. The maximum absolute atomic E-state index is 11.6. The van der Waals surface area contributed by atoms with Crippen LogP contribution < -0.4 is 5.32 Å². The van der Waals surface area contributed by atoms with Gasteiger partial charge in [-0.1, -0.05) is 23.7 Å². The van der Waals surface area contributed by atoms with Crippen molar-refractivity contribution in [3.8, 4) is 0 Å². The van der Waals surface area contributed by atoms with E-state index in [4.69, 9.17) is 11.6 Å². The van der Waals surface area contributed by atoms with Crippen LogP contribution in [-0.4, -0.2) is 30.0 Å². The fourth-order valence-corrected chi connectivity index (χ4v) is 2.07. The van der Waals surface area contributed by atoms with Crippen molar-refractivity contribution < 1.29 is 14.3 Å². The predicted molar refractivity (Wildman–Crippen MR) is 74.0 cm³/mol. The Morgan fingerprint density at radius 1 is 1.44 bits per heavy atom. The van der Waals surface area contributed by atoms with E-state index in [-0.39, 0.29) is 22.9 Å². The van der Waals surface area contributed by atoms with E-state index in [0.29, 0.717) is 10.7 Å². The molecular weight excluding hydrogens is 274 g/mol. The molecule has 1 atom stereocenters. The third-order valence-electron chi connectivity index (χ3n) is 2.15. The van der Waals surface area contributed by atoms with Gasteiger partial charge in [0.15, 0.2) is 0 Å². The zero-order valence-electron chi connectivity index (χ0n) is 10.1. The van der Waals surface area contributed by atoms with Crippen LogP contribution in [0.2, 0.25) is 5.02 Å². The van der Waals surface area contributed by atoms with Crippen molar-refractivity contribution in [1.82, 2.24) is 0 Å². The number of benzene rings is 1. The van der Waals surface area contributed by atoms with E-state index in [2.05, 4.69) is 10.1 Å². The van der Waals surface area contributed by atoms with Crippen LogP contribution in [0.5, 0.6) is 0 Å². The zero-order chi connectivity index (χ0) is 13.5. The number of nitrogens with one attached hydrogen (secondary N) is 1. The van der Waals surface area contributed by atoms with Crippen LogP contribution >= 0.6 is 23.4 Å². The standard InChI is InChI=1S/C12H14ClNO3S/c1-8(12(16)17-2)18-7-11(15)14-10-6-4-3-5-9(10)13/h3-6,8H,7H2,1-2H3,(H,14,15). The molecule has 0 saturated carbocycles. The SMILES string of the molecule is COC(=O)C(C)SCC(=O)Nc1ccccc1Cl. The first kappa shape index (κ1) is 14.9. The van der Waals surface area contributed by atoms with Gasteiger partial charge in [0.2, 0.25) is 5.91 Å². The van der Waals surface area contributed by atoms with Gasteiger partial charge in [-0.15, -0.1) is 11.8 Å². The number of anilines is 1. The summed E-state index contributed by atoms with van der Waals surface area (Å²) < 4.78 is 4.57. The number of carbonyl (C=O) groups excluding carboxylic acids is 2. The largest absolute Gasteiger partial charge is 0.468 e. The van der Waals surface area contributed by atoms with E-state index in [9.17, 15) is 9.59 Å².